The van der Waals surface area contributed by atoms with E-state index in [-0.39, 0.29) is 11.3 Å². The van der Waals surface area contributed by atoms with Crippen LogP contribution >= 0.6 is 0 Å². The van der Waals surface area contributed by atoms with Crippen molar-refractivity contribution in [1.82, 2.24) is 9.38 Å². The minimum atomic E-state index is -2.86. The van der Waals surface area contributed by atoms with Crippen LogP contribution in [0.4, 0.5) is 8.78 Å². The van der Waals surface area contributed by atoms with E-state index in [0.717, 1.165) is 12.5 Å². The molecule has 124 valence electrons. The van der Waals surface area contributed by atoms with Crippen LogP contribution in [0.15, 0.2) is 48.8 Å². The lowest BCUT2D eigenvalue weighted by Crippen LogP contribution is -2.10. The fourth-order valence-corrected chi connectivity index (χ4v) is 2.72. The van der Waals surface area contributed by atoms with Gasteiger partial charge in [-0.25, -0.2) is 18.6 Å². The van der Waals surface area contributed by atoms with Crippen molar-refractivity contribution in [1.29, 1.82) is 0 Å². The molecule has 2 heterocycles. The Morgan fingerprint density at radius 2 is 1.88 bits per heavy atom. The van der Waals surface area contributed by atoms with Crippen molar-refractivity contribution in [2.75, 3.05) is 0 Å². The van der Waals surface area contributed by atoms with E-state index >= 15 is 0 Å². The molecule has 0 amide bonds. The molecular weight excluding hydrogens is 314 g/mol. The standard InChI is InChI=1S/C18H16F2N2O2/c1-18(19,20)14-7-3-12(4-8-14)2-5-13-6-9-15-21-10-11-22(15)16(13)17(23)24/h3-4,6-11H,2,5H2,1H3,(H,23,24). The summed E-state index contributed by atoms with van der Waals surface area (Å²) in [4.78, 5) is 15.7. The van der Waals surface area contributed by atoms with Crippen molar-refractivity contribution in [3.8, 4) is 0 Å². The van der Waals surface area contributed by atoms with Gasteiger partial charge in [-0.15, -0.1) is 0 Å². The Balaban J connectivity index is 1.83. The van der Waals surface area contributed by atoms with Crippen LogP contribution in [0.25, 0.3) is 5.65 Å². The Labute approximate surface area is 137 Å². The first-order chi connectivity index (χ1) is 11.4. The van der Waals surface area contributed by atoms with Crippen molar-refractivity contribution >= 4 is 11.6 Å². The maximum atomic E-state index is 13.2. The Hall–Kier alpha value is -2.76. The number of benzene rings is 1. The van der Waals surface area contributed by atoms with Crippen LogP contribution in [0.1, 0.15) is 34.1 Å². The Morgan fingerprint density at radius 3 is 2.50 bits per heavy atom. The molecule has 0 saturated heterocycles. The fraction of sp³-hybridized carbons (Fsp3) is 0.222. The molecule has 3 rings (SSSR count). The number of aryl methyl sites for hydroxylation is 2. The van der Waals surface area contributed by atoms with Gasteiger partial charge >= 0.3 is 5.97 Å². The van der Waals surface area contributed by atoms with Gasteiger partial charge in [0.15, 0.2) is 0 Å². The number of fused-ring (bicyclic) bond motifs is 1. The van der Waals surface area contributed by atoms with Crippen molar-refractivity contribution in [2.24, 2.45) is 0 Å². The van der Waals surface area contributed by atoms with Gasteiger partial charge in [-0.2, -0.15) is 0 Å². The highest BCUT2D eigenvalue weighted by Crippen LogP contribution is 2.27. The summed E-state index contributed by atoms with van der Waals surface area (Å²) in [5.74, 6) is -3.88. The number of pyridine rings is 1. The molecule has 0 aliphatic carbocycles. The fourth-order valence-electron chi connectivity index (χ4n) is 2.72. The topological polar surface area (TPSA) is 54.6 Å². The van der Waals surface area contributed by atoms with Gasteiger partial charge in [0.1, 0.15) is 11.3 Å². The van der Waals surface area contributed by atoms with Crippen LogP contribution < -0.4 is 0 Å². The van der Waals surface area contributed by atoms with Gasteiger partial charge in [0.25, 0.3) is 5.92 Å². The van der Waals surface area contributed by atoms with Crippen LogP contribution in [0.5, 0.6) is 0 Å². The van der Waals surface area contributed by atoms with Gasteiger partial charge in [0.05, 0.1) is 0 Å². The quantitative estimate of drug-likeness (QED) is 0.771. The number of hydrogen-bond acceptors (Lipinski definition) is 2. The molecule has 0 radical (unpaired) electrons. The molecular formula is C18H16F2N2O2. The number of carboxylic acids is 1. The second kappa shape index (κ2) is 6.03. The van der Waals surface area contributed by atoms with Crippen molar-refractivity contribution < 1.29 is 18.7 Å². The number of carbonyl (C=O) groups is 1. The van der Waals surface area contributed by atoms with Crippen LogP contribution in [-0.2, 0) is 18.8 Å². The third-order valence-electron chi connectivity index (χ3n) is 3.99. The molecule has 0 spiro atoms. The molecule has 0 atom stereocenters. The van der Waals surface area contributed by atoms with Gasteiger partial charge in [-0.3, -0.25) is 4.40 Å². The zero-order chi connectivity index (χ0) is 17.3. The SMILES string of the molecule is CC(F)(F)c1ccc(CCc2ccc3nccn3c2C(=O)O)cc1. The summed E-state index contributed by atoms with van der Waals surface area (Å²) >= 11 is 0. The zero-order valence-electron chi connectivity index (χ0n) is 13.0. The predicted molar refractivity (Wildman–Crippen MR) is 85.6 cm³/mol. The van der Waals surface area contributed by atoms with E-state index in [1.54, 1.807) is 41.1 Å². The largest absolute Gasteiger partial charge is 0.477 e. The minimum absolute atomic E-state index is 0.0303. The smallest absolute Gasteiger partial charge is 0.353 e. The number of nitrogens with zero attached hydrogens (tertiary/aromatic N) is 2. The molecule has 1 aromatic carbocycles. The van der Waals surface area contributed by atoms with Crippen LogP contribution in [0.2, 0.25) is 0 Å². The second-order valence-corrected chi connectivity index (χ2v) is 5.75. The molecule has 0 unspecified atom stereocenters. The number of carboxylic acid groups (broad SMARTS) is 1. The highest BCUT2D eigenvalue weighted by molar-refractivity contribution is 5.88. The maximum absolute atomic E-state index is 13.2. The van der Waals surface area contributed by atoms with Crippen molar-refractivity contribution in [2.45, 2.75) is 25.7 Å². The average Bonchev–Trinajstić information content (AvgIpc) is 3.00. The van der Waals surface area contributed by atoms with E-state index in [2.05, 4.69) is 4.98 Å². The molecule has 4 nitrogen and oxygen atoms in total. The number of imidazole rings is 1. The van der Waals surface area contributed by atoms with Crippen LogP contribution in [0.3, 0.4) is 0 Å². The van der Waals surface area contributed by atoms with E-state index in [4.69, 9.17) is 0 Å². The summed E-state index contributed by atoms with van der Waals surface area (Å²) in [5, 5.41) is 9.47. The van der Waals surface area contributed by atoms with E-state index in [1.807, 2.05) is 0 Å². The van der Waals surface area contributed by atoms with Crippen LogP contribution in [-0.4, -0.2) is 20.5 Å². The number of rotatable bonds is 5. The summed E-state index contributed by atoms with van der Waals surface area (Å²) < 4.78 is 28.0. The third kappa shape index (κ3) is 3.13. The molecule has 24 heavy (non-hydrogen) atoms. The molecule has 6 heteroatoms. The first kappa shape index (κ1) is 16.1. The number of halogens is 2. The highest BCUT2D eigenvalue weighted by Gasteiger charge is 2.23. The molecule has 0 saturated carbocycles. The van der Waals surface area contributed by atoms with Crippen molar-refractivity contribution in [3.63, 3.8) is 0 Å². The molecule has 0 aliphatic rings. The van der Waals surface area contributed by atoms with E-state index < -0.39 is 11.9 Å². The average molecular weight is 330 g/mol. The lowest BCUT2D eigenvalue weighted by molar-refractivity contribution is 0.0174. The molecule has 1 N–H and O–H groups in total. The van der Waals surface area contributed by atoms with E-state index in [1.165, 1.54) is 12.1 Å². The lowest BCUT2D eigenvalue weighted by Gasteiger charge is -2.12. The number of alkyl halides is 2. The zero-order valence-corrected chi connectivity index (χ0v) is 13.0. The van der Waals surface area contributed by atoms with Gasteiger partial charge < -0.3 is 5.11 Å². The van der Waals surface area contributed by atoms with Crippen LogP contribution in [0, 0.1) is 0 Å². The van der Waals surface area contributed by atoms with Gasteiger partial charge in [-0.1, -0.05) is 30.3 Å². The molecule has 0 aliphatic heterocycles. The molecule has 2 aromatic heterocycles. The third-order valence-corrected chi connectivity index (χ3v) is 3.99. The molecule has 0 bridgehead atoms. The molecule has 0 fully saturated rings. The summed E-state index contributed by atoms with van der Waals surface area (Å²) in [5.41, 5.74) is 2.28. The van der Waals surface area contributed by atoms with Gasteiger partial charge in [0.2, 0.25) is 0 Å². The lowest BCUT2D eigenvalue weighted by atomic mass is 10.0. The van der Waals surface area contributed by atoms with Gasteiger partial charge in [-0.05, 0) is 30.0 Å². The summed E-state index contributed by atoms with van der Waals surface area (Å²) in [6.07, 6.45) is 4.23. The Morgan fingerprint density at radius 1 is 1.17 bits per heavy atom. The number of aromatic nitrogens is 2. The first-order valence-corrected chi connectivity index (χ1v) is 7.52. The first-order valence-electron chi connectivity index (χ1n) is 7.52. The normalized spacial score (nSPS) is 11.8. The Kier molecular flexibility index (Phi) is 4.05. The second-order valence-electron chi connectivity index (χ2n) is 5.75. The van der Waals surface area contributed by atoms with E-state index in [0.29, 0.717) is 24.1 Å². The van der Waals surface area contributed by atoms with Gasteiger partial charge in [0, 0.05) is 24.9 Å². The van der Waals surface area contributed by atoms with E-state index in [9.17, 15) is 18.7 Å². The summed E-state index contributed by atoms with van der Waals surface area (Å²) in [7, 11) is 0. The number of aromatic carboxylic acids is 1. The maximum Gasteiger partial charge on any atom is 0.353 e. The minimum Gasteiger partial charge on any atom is -0.477 e. The van der Waals surface area contributed by atoms with Crippen molar-refractivity contribution in [3.05, 3.63) is 71.2 Å². The number of hydrogen-bond donors (Lipinski definition) is 1. The predicted octanol–water partition coefficient (Wildman–Crippen LogP) is 3.93. The Bertz CT molecular complexity index is 880. The summed E-state index contributed by atoms with van der Waals surface area (Å²) in [6.45, 7) is 0.863. The summed E-state index contributed by atoms with van der Waals surface area (Å²) in [6, 6.07) is 9.65. The molecule has 3 aromatic rings. The monoisotopic (exact) mass is 330 g/mol. The highest BCUT2D eigenvalue weighted by atomic mass is 19.3.